The van der Waals surface area contributed by atoms with Gasteiger partial charge in [-0.05, 0) is 44.9 Å². The molecule has 0 saturated carbocycles. The maximum Gasteiger partial charge on any atom is 0.258 e. The summed E-state index contributed by atoms with van der Waals surface area (Å²) in [7, 11) is 1.81. The number of anilines is 1. The molecule has 0 radical (unpaired) electrons. The first-order valence-electron chi connectivity index (χ1n) is 9.74. The maximum atomic E-state index is 12.9. The number of pyridine rings is 1. The highest BCUT2D eigenvalue weighted by Gasteiger charge is 2.19. The van der Waals surface area contributed by atoms with Crippen molar-refractivity contribution in [3.8, 4) is 0 Å². The Kier molecular flexibility index (Phi) is 5.91. The Morgan fingerprint density at radius 3 is 2.53 bits per heavy atom. The number of aromatic nitrogens is 2. The van der Waals surface area contributed by atoms with E-state index in [0.29, 0.717) is 22.2 Å². The normalized spacial score (nSPS) is 11.9. The van der Waals surface area contributed by atoms with E-state index in [9.17, 15) is 9.59 Å². The molecule has 7 heteroatoms. The number of rotatable bonds is 6. The van der Waals surface area contributed by atoms with Crippen molar-refractivity contribution in [3.05, 3.63) is 75.0 Å². The number of fused-ring (bicyclic) bond motifs is 1. The topological polar surface area (TPSA) is 103 Å². The summed E-state index contributed by atoms with van der Waals surface area (Å²) in [5, 5.41) is 14.7. The summed E-state index contributed by atoms with van der Waals surface area (Å²) >= 11 is 0. The summed E-state index contributed by atoms with van der Waals surface area (Å²) in [4.78, 5) is 27.9. The average Bonchev–Trinajstić information content (AvgIpc) is 3.05. The quantitative estimate of drug-likeness (QED) is 0.471. The van der Waals surface area contributed by atoms with Gasteiger partial charge in [0.15, 0.2) is 0 Å². The van der Waals surface area contributed by atoms with Gasteiger partial charge in [-0.25, -0.2) is 0 Å². The molecular formula is C23H27N5O2. The van der Waals surface area contributed by atoms with Crippen molar-refractivity contribution in [2.75, 3.05) is 11.9 Å². The fourth-order valence-electron chi connectivity index (χ4n) is 3.62. The molecule has 30 heavy (non-hydrogen) atoms. The number of hydrogen-bond acceptors (Lipinski definition) is 4. The molecule has 0 saturated heterocycles. The summed E-state index contributed by atoms with van der Waals surface area (Å²) in [5.74, 6) is -0.348. The van der Waals surface area contributed by atoms with Gasteiger partial charge in [-0.15, -0.1) is 0 Å². The number of nitrogens with zero attached hydrogens (tertiary/aromatic N) is 1. The lowest BCUT2D eigenvalue weighted by molar-refractivity contribution is 0.0959. The number of para-hydroxylation sites is 1. The van der Waals surface area contributed by atoms with E-state index in [-0.39, 0.29) is 18.0 Å². The van der Waals surface area contributed by atoms with Gasteiger partial charge in [0.05, 0.1) is 16.5 Å². The number of benzene rings is 1. The van der Waals surface area contributed by atoms with Crippen molar-refractivity contribution in [1.82, 2.24) is 14.9 Å². The molecule has 0 aliphatic heterocycles. The van der Waals surface area contributed by atoms with Gasteiger partial charge in [-0.2, -0.15) is 0 Å². The van der Waals surface area contributed by atoms with Crippen molar-refractivity contribution >= 4 is 28.2 Å². The van der Waals surface area contributed by atoms with Gasteiger partial charge in [0.1, 0.15) is 0 Å². The maximum absolute atomic E-state index is 12.9. The number of hydrogen-bond donors (Lipinski definition) is 4. The van der Waals surface area contributed by atoms with E-state index >= 15 is 0 Å². The molecule has 156 valence electrons. The molecule has 7 nitrogen and oxygen atoms in total. The predicted octanol–water partition coefficient (Wildman–Crippen LogP) is 3.64. The van der Waals surface area contributed by atoms with Crippen molar-refractivity contribution in [2.24, 2.45) is 7.05 Å². The van der Waals surface area contributed by atoms with Crippen LogP contribution < -0.4 is 16.2 Å². The van der Waals surface area contributed by atoms with Crippen molar-refractivity contribution < 1.29 is 4.79 Å². The first-order chi connectivity index (χ1) is 14.2. The summed E-state index contributed by atoms with van der Waals surface area (Å²) in [6.07, 6.45) is 3.31. The Morgan fingerprint density at radius 2 is 1.87 bits per heavy atom. The molecule has 0 fully saturated rings. The molecule has 2 aromatic heterocycles. The molecule has 2 heterocycles. The largest absolute Gasteiger partial charge is 0.359 e. The second kappa shape index (κ2) is 8.41. The van der Waals surface area contributed by atoms with E-state index in [2.05, 4.69) is 15.6 Å². The fourth-order valence-corrected chi connectivity index (χ4v) is 3.62. The van der Waals surface area contributed by atoms with Crippen LogP contribution in [0.25, 0.3) is 10.9 Å². The molecule has 0 aliphatic carbocycles. The fraction of sp³-hybridized carbons (Fsp3) is 0.261. The summed E-state index contributed by atoms with van der Waals surface area (Å²) in [6.45, 7) is 7.65. The van der Waals surface area contributed by atoms with Gasteiger partial charge in [0.25, 0.3) is 11.5 Å². The minimum Gasteiger partial charge on any atom is -0.359 e. The summed E-state index contributed by atoms with van der Waals surface area (Å²) in [5.41, 5.74) is 5.55. The molecule has 0 atom stereocenters. The van der Waals surface area contributed by atoms with E-state index in [0.717, 1.165) is 28.0 Å². The van der Waals surface area contributed by atoms with Crippen LogP contribution in [0.1, 0.15) is 35.3 Å². The highest BCUT2D eigenvalue weighted by Crippen LogP contribution is 2.20. The Labute approximate surface area is 175 Å². The zero-order valence-corrected chi connectivity index (χ0v) is 17.9. The van der Waals surface area contributed by atoms with Crippen molar-refractivity contribution in [2.45, 2.75) is 27.7 Å². The third kappa shape index (κ3) is 4.05. The van der Waals surface area contributed by atoms with E-state index in [4.69, 9.17) is 5.41 Å². The van der Waals surface area contributed by atoms with Gasteiger partial charge in [0, 0.05) is 48.7 Å². The van der Waals surface area contributed by atoms with E-state index in [1.165, 1.54) is 0 Å². The van der Waals surface area contributed by atoms with Crippen LogP contribution in [0.2, 0.25) is 0 Å². The first-order valence-corrected chi connectivity index (χ1v) is 9.74. The number of aromatic amines is 1. The van der Waals surface area contributed by atoms with Crippen LogP contribution in [0.5, 0.6) is 0 Å². The van der Waals surface area contributed by atoms with Crippen LogP contribution in [0.3, 0.4) is 0 Å². The van der Waals surface area contributed by atoms with Crippen LogP contribution in [0.15, 0.2) is 52.7 Å². The van der Waals surface area contributed by atoms with Gasteiger partial charge >= 0.3 is 0 Å². The molecule has 0 bridgehead atoms. The molecule has 1 amide bonds. The van der Waals surface area contributed by atoms with Crippen LogP contribution in [0.4, 0.5) is 5.69 Å². The minimum atomic E-state index is -0.348. The number of H-pyrrole nitrogens is 1. The highest BCUT2D eigenvalue weighted by atomic mass is 16.2. The monoisotopic (exact) mass is 405 g/mol. The van der Waals surface area contributed by atoms with Crippen LogP contribution in [-0.2, 0) is 7.05 Å². The van der Waals surface area contributed by atoms with Crippen LogP contribution in [0, 0.1) is 19.3 Å². The average molecular weight is 406 g/mol. The number of allylic oxidation sites excluding steroid dienone is 1. The van der Waals surface area contributed by atoms with Gasteiger partial charge in [0.2, 0.25) is 0 Å². The molecule has 0 spiro atoms. The third-order valence-electron chi connectivity index (χ3n) is 5.24. The molecular weight excluding hydrogens is 378 g/mol. The molecule has 0 unspecified atom stereocenters. The third-order valence-corrected chi connectivity index (χ3v) is 5.24. The molecule has 0 aliphatic rings. The van der Waals surface area contributed by atoms with Crippen molar-refractivity contribution in [1.29, 1.82) is 5.41 Å². The zero-order chi connectivity index (χ0) is 22.0. The molecule has 4 N–H and O–H groups in total. The lowest BCUT2D eigenvalue weighted by Gasteiger charge is -2.16. The van der Waals surface area contributed by atoms with Gasteiger partial charge in [-0.1, -0.05) is 18.2 Å². The number of amides is 1. The number of aryl methyl sites for hydroxylation is 3. The molecule has 1 aromatic carbocycles. The standard InChI is InChI=1S/C23H27N5O2/c1-13-8-6-7-9-19(13)27-16(4)17(15(3)24)11-26-22(29)18-12-28(5)21-14(2)10-25-23(30)20(18)21/h6-10,12,24,27H,11H2,1-5H3,(H,25,30)(H,26,29)/b17-16-,24-15?. The lowest BCUT2D eigenvalue weighted by Crippen LogP contribution is -2.29. The second-order valence-corrected chi connectivity index (χ2v) is 7.53. The Morgan fingerprint density at radius 1 is 1.17 bits per heavy atom. The van der Waals surface area contributed by atoms with Gasteiger partial charge < -0.3 is 25.6 Å². The van der Waals surface area contributed by atoms with Crippen molar-refractivity contribution in [3.63, 3.8) is 0 Å². The SMILES string of the molecule is CC(=N)/C(CNC(=O)c1cn(C)c2c(C)c[nH]c(=O)c12)=C(/C)Nc1ccccc1C. The number of nitrogens with one attached hydrogen (secondary N) is 4. The first kappa shape index (κ1) is 21.1. The van der Waals surface area contributed by atoms with Crippen LogP contribution in [-0.4, -0.2) is 27.7 Å². The molecule has 3 aromatic rings. The summed E-state index contributed by atoms with van der Waals surface area (Å²) < 4.78 is 1.79. The molecule has 3 rings (SSSR count). The Bertz CT molecular complexity index is 1230. The van der Waals surface area contributed by atoms with Gasteiger partial charge in [-0.3, -0.25) is 9.59 Å². The Hall–Kier alpha value is -3.61. The highest BCUT2D eigenvalue weighted by molar-refractivity contribution is 6.08. The number of carbonyl (C=O) groups is 1. The Balaban J connectivity index is 1.87. The number of carbonyl (C=O) groups excluding carboxylic acids is 1. The van der Waals surface area contributed by atoms with E-state index in [1.54, 1.807) is 23.9 Å². The second-order valence-electron chi connectivity index (χ2n) is 7.53. The smallest absolute Gasteiger partial charge is 0.258 e. The zero-order valence-electron chi connectivity index (χ0n) is 17.9. The lowest BCUT2D eigenvalue weighted by atomic mass is 10.1. The predicted molar refractivity (Wildman–Crippen MR) is 122 cm³/mol. The van der Waals surface area contributed by atoms with E-state index < -0.39 is 0 Å². The minimum absolute atomic E-state index is 0.180. The van der Waals surface area contributed by atoms with Crippen LogP contribution >= 0.6 is 0 Å². The van der Waals surface area contributed by atoms with E-state index in [1.807, 2.05) is 52.1 Å². The summed E-state index contributed by atoms with van der Waals surface area (Å²) in [6, 6.07) is 7.89.